The van der Waals surface area contributed by atoms with Crippen LogP contribution in [0.25, 0.3) is 11.5 Å². The van der Waals surface area contributed by atoms with Gasteiger partial charge in [-0.25, -0.2) is 4.98 Å². The molecule has 22 heavy (non-hydrogen) atoms. The molecule has 0 aliphatic rings. The maximum atomic E-state index is 12.6. The summed E-state index contributed by atoms with van der Waals surface area (Å²) in [5.41, 5.74) is -0.0441. The second-order valence-electron chi connectivity index (χ2n) is 6.23. The second kappa shape index (κ2) is 5.43. The zero-order chi connectivity index (χ0) is 16.7. The van der Waals surface area contributed by atoms with Gasteiger partial charge in [0, 0.05) is 11.0 Å². The van der Waals surface area contributed by atoms with Crippen LogP contribution in [0.2, 0.25) is 0 Å². The van der Waals surface area contributed by atoms with Crippen molar-refractivity contribution in [3.05, 3.63) is 41.3 Å². The smallest absolute Gasteiger partial charge is 0.416 e. The van der Waals surface area contributed by atoms with Crippen LogP contribution in [0.4, 0.5) is 13.2 Å². The summed E-state index contributed by atoms with van der Waals surface area (Å²) >= 11 is 0. The Labute approximate surface area is 126 Å². The van der Waals surface area contributed by atoms with Crippen molar-refractivity contribution in [2.75, 3.05) is 0 Å². The Morgan fingerprint density at radius 3 is 2.00 bits per heavy atom. The zero-order valence-corrected chi connectivity index (χ0v) is 12.8. The van der Waals surface area contributed by atoms with E-state index < -0.39 is 17.8 Å². The number of oxazole rings is 1. The number of aliphatic hydroxyl groups excluding tert-OH is 1. The molecule has 1 aromatic heterocycles. The summed E-state index contributed by atoms with van der Waals surface area (Å²) in [4.78, 5) is 4.36. The molecule has 0 aliphatic heterocycles. The van der Waals surface area contributed by atoms with Crippen LogP contribution in [0.3, 0.4) is 0 Å². The zero-order valence-electron chi connectivity index (χ0n) is 12.8. The van der Waals surface area contributed by atoms with E-state index in [1.54, 1.807) is 6.92 Å². The molecular weight excluding hydrogens is 295 g/mol. The van der Waals surface area contributed by atoms with E-state index in [9.17, 15) is 18.3 Å². The van der Waals surface area contributed by atoms with Gasteiger partial charge in [0.05, 0.1) is 11.3 Å². The molecule has 1 N–H and O–H groups in total. The maximum Gasteiger partial charge on any atom is 0.416 e. The molecule has 0 radical (unpaired) electrons. The number of aliphatic hydroxyl groups is 1. The predicted molar refractivity (Wildman–Crippen MR) is 76.3 cm³/mol. The lowest BCUT2D eigenvalue weighted by atomic mass is 9.90. The van der Waals surface area contributed by atoms with E-state index in [4.69, 9.17) is 4.42 Å². The largest absolute Gasteiger partial charge is 0.438 e. The standard InChI is InChI=1S/C16H18F3NO2/c1-9(21)12-13(15(2,3)4)20-14(22-12)10-5-7-11(8-6-10)16(17,18)19/h5-9,21H,1-4H3. The molecule has 1 aromatic carbocycles. The fourth-order valence-corrected chi connectivity index (χ4v) is 2.08. The lowest BCUT2D eigenvalue weighted by Gasteiger charge is -2.17. The highest BCUT2D eigenvalue weighted by Crippen LogP contribution is 2.35. The fourth-order valence-electron chi connectivity index (χ4n) is 2.08. The first-order valence-electron chi connectivity index (χ1n) is 6.87. The van der Waals surface area contributed by atoms with Crippen LogP contribution < -0.4 is 0 Å². The maximum absolute atomic E-state index is 12.6. The van der Waals surface area contributed by atoms with Crippen LogP contribution in [0.1, 0.15) is 50.8 Å². The second-order valence-corrected chi connectivity index (χ2v) is 6.23. The van der Waals surface area contributed by atoms with Crippen molar-refractivity contribution in [3.8, 4) is 11.5 Å². The lowest BCUT2D eigenvalue weighted by Crippen LogP contribution is -2.15. The molecular formula is C16H18F3NO2. The van der Waals surface area contributed by atoms with E-state index in [0.29, 0.717) is 17.0 Å². The van der Waals surface area contributed by atoms with Crippen LogP contribution in [0.15, 0.2) is 28.7 Å². The minimum atomic E-state index is -4.38. The molecule has 0 bridgehead atoms. The van der Waals surface area contributed by atoms with Crippen molar-refractivity contribution in [2.24, 2.45) is 0 Å². The highest BCUT2D eigenvalue weighted by atomic mass is 19.4. The van der Waals surface area contributed by atoms with Gasteiger partial charge in [-0.05, 0) is 31.2 Å². The van der Waals surface area contributed by atoms with Crippen LogP contribution in [0.5, 0.6) is 0 Å². The number of rotatable bonds is 2. The summed E-state index contributed by atoms with van der Waals surface area (Å²) in [6.07, 6.45) is -5.22. The van der Waals surface area contributed by atoms with Crippen molar-refractivity contribution in [1.29, 1.82) is 0 Å². The number of benzene rings is 1. The van der Waals surface area contributed by atoms with Gasteiger partial charge in [0.25, 0.3) is 0 Å². The van der Waals surface area contributed by atoms with E-state index in [1.807, 2.05) is 20.8 Å². The third kappa shape index (κ3) is 3.32. The van der Waals surface area contributed by atoms with Crippen molar-refractivity contribution in [2.45, 2.75) is 45.4 Å². The van der Waals surface area contributed by atoms with Gasteiger partial charge < -0.3 is 9.52 Å². The van der Waals surface area contributed by atoms with Gasteiger partial charge in [0.2, 0.25) is 5.89 Å². The first-order valence-corrected chi connectivity index (χ1v) is 6.87. The van der Waals surface area contributed by atoms with Gasteiger partial charge in [-0.3, -0.25) is 0 Å². The number of alkyl halides is 3. The summed E-state index contributed by atoms with van der Waals surface area (Å²) in [5.74, 6) is 0.539. The van der Waals surface area contributed by atoms with Gasteiger partial charge in [-0.1, -0.05) is 20.8 Å². The molecule has 0 saturated heterocycles. The SMILES string of the molecule is CC(O)c1oc(-c2ccc(C(F)(F)F)cc2)nc1C(C)(C)C. The Morgan fingerprint density at radius 2 is 1.64 bits per heavy atom. The van der Waals surface area contributed by atoms with E-state index in [2.05, 4.69) is 4.98 Å². The average Bonchev–Trinajstić information content (AvgIpc) is 2.83. The monoisotopic (exact) mass is 313 g/mol. The molecule has 0 spiro atoms. The minimum Gasteiger partial charge on any atom is -0.438 e. The molecule has 1 heterocycles. The van der Waals surface area contributed by atoms with E-state index >= 15 is 0 Å². The van der Waals surface area contributed by atoms with Crippen molar-refractivity contribution in [3.63, 3.8) is 0 Å². The van der Waals surface area contributed by atoms with E-state index in [0.717, 1.165) is 12.1 Å². The highest BCUT2D eigenvalue weighted by Gasteiger charge is 2.31. The Bertz CT molecular complexity index is 650. The third-order valence-electron chi connectivity index (χ3n) is 3.20. The highest BCUT2D eigenvalue weighted by molar-refractivity contribution is 5.55. The van der Waals surface area contributed by atoms with Crippen LogP contribution in [-0.4, -0.2) is 10.1 Å². The summed E-state index contributed by atoms with van der Waals surface area (Å²) in [7, 11) is 0. The predicted octanol–water partition coefficient (Wildman–Crippen LogP) is 4.71. The fraction of sp³-hybridized carbons (Fsp3) is 0.438. The van der Waals surface area contributed by atoms with Crippen molar-refractivity contribution >= 4 is 0 Å². The lowest BCUT2D eigenvalue weighted by molar-refractivity contribution is -0.137. The summed E-state index contributed by atoms with van der Waals surface area (Å²) in [6, 6.07) is 4.59. The average molecular weight is 313 g/mol. The van der Waals surface area contributed by atoms with Crippen molar-refractivity contribution in [1.82, 2.24) is 4.98 Å². The molecule has 1 atom stereocenters. The topological polar surface area (TPSA) is 46.3 Å². The number of aromatic nitrogens is 1. The van der Waals surface area contributed by atoms with Crippen molar-refractivity contribution < 1.29 is 22.7 Å². The minimum absolute atomic E-state index is 0.203. The van der Waals surface area contributed by atoms with Crippen LogP contribution >= 0.6 is 0 Å². The van der Waals surface area contributed by atoms with Gasteiger partial charge in [-0.15, -0.1) is 0 Å². The Kier molecular flexibility index (Phi) is 4.08. The quantitative estimate of drug-likeness (QED) is 0.873. The Balaban J connectivity index is 2.46. The number of halogens is 3. The molecule has 6 heteroatoms. The van der Waals surface area contributed by atoms with E-state index in [1.165, 1.54) is 12.1 Å². The van der Waals surface area contributed by atoms with Gasteiger partial charge in [-0.2, -0.15) is 13.2 Å². The molecule has 120 valence electrons. The van der Waals surface area contributed by atoms with Crippen LogP contribution in [-0.2, 0) is 11.6 Å². The van der Waals surface area contributed by atoms with E-state index in [-0.39, 0.29) is 11.3 Å². The van der Waals surface area contributed by atoms with Crippen LogP contribution in [0, 0.1) is 0 Å². The first-order chi connectivity index (χ1) is 10.00. The number of nitrogens with zero attached hydrogens (tertiary/aromatic N) is 1. The summed E-state index contributed by atoms with van der Waals surface area (Å²) < 4.78 is 43.3. The van der Waals surface area contributed by atoms with Gasteiger partial charge in [0.1, 0.15) is 6.10 Å². The Morgan fingerprint density at radius 1 is 1.09 bits per heavy atom. The molecule has 0 amide bonds. The van der Waals surface area contributed by atoms with Gasteiger partial charge >= 0.3 is 6.18 Å². The first kappa shape index (κ1) is 16.5. The summed E-state index contributed by atoms with van der Waals surface area (Å²) in [6.45, 7) is 7.33. The molecule has 2 aromatic rings. The molecule has 0 fully saturated rings. The number of hydrogen-bond acceptors (Lipinski definition) is 3. The Hall–Kier alpha value is -1.82. The normalized spacial score (nSPS) is 14.2. The molecule has 2 rings (SSSR count). The van der Waals surface area contributed by atoms with Gasteiger partial charge in [0.15, 0.2) is 5.76 Å². The molecule has 1 unspecified atom stereocenters. The molecule has 3 nitrogen and oxygen atoms in total. The molecule has 0 aliphatic carbocycles. The summed E-state index contributed by atoms with van der Waals surface area (Å²) in [5, 5.41) is 9.80. The molecule has 0 saturated carbocycles. The number of hydrogen-bond donors (Lipinski definition) is 1. The third-order valence-corrected chi connectivity index (χ3v) is 3.20.